The van der Waals surface area contributed by atoms with Gasteiger partial charge in [0, 0.05) is 24.9 Å². The highest BCUT2D eigenvalue weighted by atomic mass is 16.6. The van der Waals surface area contributed by atoms with Crippen LogP contribution in [0.25, 0.3) is 0 Å². The third-order valence-electron chi connectivity index (χ3n) is 5.40. The minimum Gasteiger partial charge on any atom is -0.363 e. The second kappa shape index (κ2) is 6.55. The monoisotopic (exact) mass is 332 g/mol. The number of piperidine rings is 1. The Balaban J connectivity index is 1.43. The van der Waals surface area contributed by atoms with Crippen molar-refractivity contribution < 1.29 is 14.3 Å². The van der Waals surface area contributed by atoms with Crippen molar-refractivity contribution in [2.45, 2.75) is 50.5 Å². The molecule has 1 saturated carbocycles. The fraction of sp³-hybridized carbons (Fsp3) is 0.706. The summed E-state index contributed by atoms with van der Waals surface area (Å²) in [6, 6.07) is 0. The molecule has 130 valence electrons. The highest BCUT2D eigenvalue weighted by Gasteiger charge is 2.37. The molecule has 0 radical (unpaired) electrons. The number of anilines is 1. The van der Waals surface area contributed by atoms with Crippen molar-refractivity contribution in [1.29, 1.82) is 0 Å². The molecule has 2 unspecified atom stereocenters. The lowest BCUT2D eigenvalue weighted by molar-refractivity contribution is -0.133. The Morgan fingerprint density at radius 1 is 1.25 bits per heavy atom. The van der Waals surface area contributed by atoms with Crippen molar-refractivity contribution in [3.63, 3.8) is 0 Å². The van der Waals surface area contributed by atoms with Crippen LogP contribution in [0.1, 0.15) is 50.1 Å². The molecule has 2 saturated heterocycles. The van der Waals surface area contributed by atoms with Crippen molar-refractivity contribution in [2.24, 2.45) is 5.92 Å². The molecular weight excluding hydrogens is 308 g/mol. The second-order valence-electron chi connectivity index (χ2n) is 7.11. The lowest BCUT2D eigenvalue weighted by Crippen LogP contribution is -2.41. The number of H-pyrrole nitrogens is 1. The first kappa shape index (κ1) is 15.6. The molecular formula is C17H24N4O3. The van der Waals surface area contributed by atoms with Gasteiger partial charge >= 0.3 is 0 Å². The van der Waals surface area contributed by atoms with E-state index in [1.165, 1.54) is 0 Å². The van der Waals surface area contributed by atoms with Gasteiger partial charge in [0.15, 0.2) is 6.10 Å². The van der Waals surface area contributed by atoms with E-state index in [-0.39, 0.29) is 29.8 Å². The summed E-state index contributed by atoms with van der Waals surface area (Å²) in [6.07, 6.45) is 7.64. The number of epoxide rings is 1. The fourth-order valence-electron chi connectivity index (χ4n) is 3.94. The minimum atomic E-state index is -0.230. The van der Waals surface area contributed by atoms with Gasteiger partial charge in [0.2, 0.25) is 5.91 Å². The number of aromatic nitrogens is 2. The number of hydrogen-bond donors (Lipinski definition) is 2. The van der Waals surface area contributed by atoms with Crippen LogP contribution < -0.4 is 5.32 Å². The molecule has 2 N–H and O–H groups in total. The topological polar surface area (TPSA) is 90.6 Å². The lowest BCUT2D eigenvalue weighted by Gasteiger charge is -2.32. The van der Waals surface area contributed by atoms with Gasteiger partial charge in [-0.25, -0.2) is 0 Å². The number of amides is 2. The van der Waals surface area contributed by atoms with E-state index in [2.05, 4.69) is 15.5 Å². The van der Waals surface area contributed by atoms with Crippen LogP contribution in [0.3, 0.4) is 0 Å². The normalized spacial score (nSPS) is 27.2. The molecule has 7 heteroatoms. The quantitative estimate of drug-likeness (QED) is 0.820. The van der Waals surface area contributed by atoms with E-state index >= 15 is 0 Å². The van der Waals surface area contributed by atoms with E-state index in [4.69, 9.17) is 4.74 Å². The minimum absolute atomic E-state index is 0.0933. The molecule has 3 aliphatic rings. The van der Waals surface area contributed by atoms with Gasteiger partial charge < -0.3 is 15.0 Å². The first-order chi connectivity index (χ1) is 11.7. The molecule has 3 heterocycles. The van der Waals surface area contributed by atoms with Gasteiger partial charge in [-0.05, 0) is 25.7 Å². The summed E-state index contributed by atoms with van der Waals surface area (Å²) in [5, 5.41) is 10.2. The largest absolute Gasteiger partial charge is 0.363 e. The average molecular weight is 332 g/mol. The van der Waals surface area contributed by atoms with Crippen LogP contribution in [-0.4, -0.2) is 52.7 Å². The van der Waals surface area contributed by atoms with E-state index < -0.39 is 0 Å². The number of hydrogen-bond acceptors (Lipinski definition) is 4. The van der Waals surface area contributed by atoms with Crippen LogP contribution in [0.4, 0.5) is 5.69 Å². The molecule has 1 aromatic rings. The van der Waals surface area contributed by atoms with Crippen LogP contribution in [-0.2, 0) is 14.3 Å². The van der Waals surface area contributed by atoms with Gasteiger partial charge in [-0.1, -0.05) is 12.8 Å². The Morgan fingerprint density at radius 3 is 2.79 bits per heavy atom. The molecule has 2 amide bonds. The van der Waals surface area contributed by atoms with Crippen molar-refractivity contribution in [3.05, 3.63) is 11.9 Å². The predicted molar refractivity (Wildman–Crippen MR) is 87.5 cm³/mol. The number of carbonyl (C=O) groups is 2. The molecule has 0 bridgehead atoms. The summed E-state index contributed by atoms with van der Waals surface area (Å²) in [6.45, 7) is 1.99. The van der Waals surface area contributed by atoms with Crippen LogP contribution in [0.2, 0.25) is 0 Å². The summed E-state index contributed by atoms with van der Waals surface area (Å²) < 4.78 is 5.11. The highest BCUT2D eigenvalue weighted by molar-refractivity contribution is 5.93. The Hall–Kier alpha value is -1.89. The Bertz CT molecular complexity index is 619. The van der Waals surface area contributed by atoms with Crippen molar-refractivity contribution in [3.8, 4) is 0 Å². The van der Waals surface area contributed by atoms with Gasteiger partial charge in [-0.3, -0.25) is 14.7 Å². The second-order valence-corrected chi connectivity index (χ2v) is 7.11. The highest BCUT2D eigenvalue weighted by Crippen LogP contribution is 2.32. The predicted octanol–water partition coefficient (Wildman–Crippen LogP) is 1.64. The third kappa shape index (κ3) is 3.17. The number of ether oxygens (including phenoxy) is 1. The smallest absolute Gasteiger partial charge is 0.254 e. The molecule has 3 fully saturated rings. The summed E-state index contributed by atoms with van der Waals surface area (Å²) in [4.78, 5) is 26.5. The maximum atomic E-state index is 12.4. The van der Waals surface area contributed by atoms with E-state index in [0.29, 0.717) is 13.2 Å². The number of rotatable bonds is 4. The van der Waals surface area contributed by atoms with Gasteiger partial charge in [0.25, 0.3) is 5.91 Å². The average Bonchev–Trinajstić information content (AvgIpc) is 3.10. The number of nitrogens with zero attached hydrogens (tertiary/aromatic N) is 2. The lowest BCUT2D eigenvalue weighted by atomic mass is 9.93. The van der Waals surface area contributed by atoms with Crippen molar-refractivity contribution >= 4 is 17.5 Å². The van der Waals surface area contributed by atoms with Crippen molar-refractivity contribution in [1.82, 2.24) is 15.1 Å². The van der Waals surface area contributed by atoms with Crippen LogP contribution in [0.15, 0.2) is 6.20 Å². The number of aromatic amines is 1. The zero-order valence-corrected chi connectivity index (χ0v) is 13.8. The van der Waals surface area contributed by atoms with Gasteiger partial charge in [0.05, 0.1) is 24.2 Å². The van der Waals surface area contributed by atoms with Crippen LogP contribution >= 0.6 is 0 Å². The van der Waals surface area contributed by atoms with Gasteiger partial charge in [0.1, 0.15) is 0 Å². The van der Waals surface area contributed by atoms with Crippen LogP contribution in [0, 0.1) is 5.92 Å². The zero-order chi connectivity index (χ0) is 16.5. The molecule has 4 rings (SSSR count). The molecule has 1 aliphatic carbocycles. The van der Waals surface area contributed by atoms with Gasteiger partial charge in [-0.2, -0.15) is 5.10 Å². The summed E-state index contributed by atoms with van der Waals surface area (Å²) in [7, 11) is 0. The molecule has 0 spiro atoms. The summed E-state index contributed by atoms with van der Waals surface area (Å²) >= 11 is 0. The SMILES string of the molecule is O=C(Nc1cn[nH]c1C1CCCN(C(=O)C2CO2)C1)C1CCCC1. The Morgan fingerprint density at radius 2 is 2.04 bits per heavy atom. The van der Waals surface area contributed by atoms with E-state index in [0.717, 1.165) is 56.5 Å². The maximum absolute atomic E-state index is 12.4. The van der Waals surface area contributed by atoms with Crippen LogP contribution in [0.5, 0.6) is 0 Å². The molecule has 7 nitrogen and oxygen atoms in total. The Kier molecular flexibility index (Phi) is 4.26. The van der Waals surface area contributed by atoms with E-state index in [1.807, 2.05) is 4.90 Å². The Labute approximate surface area is 141 Å². The molecule has 1 aromatic heterocycles. The third-order valence-corrected chi connectivity index (χ3v) is 5.40. The van der Waals surface area contributed by atoms with Crippen molar-refractivity contribution in [2.75, 3.05) is 25.0 Å². The molecule has 2 atom stereocenters. The van der Waals surface area contributed by atoms with E-state index in [9.17, 15) is 9.59 Å². The molecule has 0 aromatic carbocycles. The zero-order valence-electron chi connectivity index (χ0n) is 13.8. The molecule has 2 aliphatic heterocycles. The number of nitrogens with one attached hydrogen (secondary N) is 2. The van der Waals surface area contributed by atoms with E-state index in [1.54, 1.807) is 6.20 Å². The number of carbonyl (C=O) groups excluding carboxylic acids is 2. The summed E-state index contributed by atoms with van der Waals surface area (Å²) in [5.74, 6) is 0.507. The number of likely N-dealkylation sites (tertiary alicyclic amines) is 1. The maximum Gasteiger partial charge on any atom is 0.254 e. The molecule has 24 heavy (non-hydrogen) atoms. The van der Waals surface area contributed by atoms with Gasteiger partial charge in [-0.15, -0.1) is 0 Å². The fourth-order valence-corrected chi connectivity index (χ4v) is 3.94. The standard InChI is InChI=1S/C17H24N4O3/c22-16(11-4-1-2-5-11)19-13-8-18-20-15(13)12-6-3-7-21(9-12)17(23)14-10-24-14/h8,11-12,14H,1-7,9-10H2,(H,18,20)(H,19,22). The summed E-state index contributed by atoms with van der Waals surface area (Å²) in [5.41, 5.74) is 1.71. The first-order valence-electron chi connectivity index (χ1n) is 8.97. The first-order valence-corrected chi connectivity index (χ1v) is 8.97.